The van der Waals surface area contributed by atoms with Gasteiger partial charge in [0.25, 0.3) is 5.91 Å². The number of amides is 2. The van der Waals surface area contributed by atoms with Crippen LogP contribution in [0, 0.1) is 13.8 Å². The Kier molecular flexibility index (Phi) is 8.32. The normalized spacial score (nSPS) is 22.8. The van der Waals surface area contributed by atoms with Gasteiger partial charge in [0, 0.05) is 50.6 Å². The van der Waals surface area contributed by atoms with E-state index in [1.54, 1.807) is 0 Å². The summed E-state index contributed by atoms with van der Waals surface area (Å²) in [5, 5.41) is 0. The first-order valence-corrected chi connectivity index (χ1v) is 15.0. The molecule has 2 aromatic rings. The maximum absolute atomic E-state index is 13.3. The number of nitrogens with zero attached hydrogens (tertiary/aromatic N) is 3. The number of carbonyl (C=O) groups is 2. The molecule has 0 saturated carbocycles. The van der Waals surface area contributed by atoms with Gasteiger partial charge in [-0.05, 0) is 56.7 Å². The molecule has 3 fully saturated rings. The van der Waals surface area contributed by atoms with Gasteiger partial charge in [0.1, 0.15) is 5.60 Å². The minimum Gasteiger partial charge on any atom is -0.440 e. The van der Waals surface area contributed by atoms with Gasteiger partial charge in [-0.2, -0.15) is 0 Å². The standard InChI is InChI=1S/C33H45N3O3/c1-5-6-15-29-33(39-32(38)36(29)26(4)27-13-8-7-9-14-27)18-22-34(23-19-33)28-16-20-35(21-17-28)31(37)30-24(2)11-10-12-25(30)3/h7-14,26,28-29H,5-6,15-23H2,1-4H3. The lowest BCUT2D eigenvalue weighted by atomic mass is 9.80. The minimum atomic E-state index is -0.398. The van der Waals surface area contributed by atoms with Crippen LogP contribution in [0.15, 0.2) is 48.5 Å². The van der Waals surface area contributed by atoms with Gasteiger partial charge in [-0.3, -0.25) is 14.6 Å². The van der Waals surface area contributed by atoms with Crippen LogP contribution in [0.2, 0.25) is 0 Å². The zero-order chi connectivity index (χ0) is 27.6. The smallest absolute Gasteiger partial charge is 0.411 e. The molecule has 2 aromatic carbocycles. The van der Waals surface area contributed by atoms with Crippen molar-refractivity contribution in [2.75, 3.05) is 26.2 Å². The third kappa shape index (κ3) is 5.45. The summed E-state index contributed by atoms with van der Waals surface area (Å²) < 4.78 is 6.32. The third-order valence-corrected chi connectivity index (χ3v) is 9.58. The molecule has 6 heteroatoms. The lowest BCUT2D eigenvalue weighted by Crippen LogP contribution is -2.56. The fourth-order valence-corrected chi connectivity index (χ4v) is 7.24. The number of likely N-dealkylation sites (tertiary alicyclic amines) is 2. The van der Waals surface area contributed by atoms with Crippen molar-refractivity contribution in [3.63, 3.8) is 0 Å². The fraction of sp³-hybridized carbons (Fsp3) is 0.576. The van der Waals surface area contributed by atoms with Crippen LogP contribution in [0.25, 0.3) is 0 Å². The van der Waals surface area contributed by atoms with Crippen molar-refractivity contribution in [1.82, 2.24) is 14.7 Å². The first-order chi connectivity index (χ1) is 18.8. The summed E-state index contributed by atoms with van der Waals surface area (Å²) in [4.78, 5) is 33.3. The van der Waals surface area contributed by atoms with E-state index in [2.05, 4.69) is 30.9 Å². The molecule has 3 heterocycles. The number of benzene rings is 2. The second-order valence-corrected chi connectivity index (χ2v) is 11.9. The molecule has 1 spiro atoms. The van der Waals surface area contributed by atoms with Crippen molar-refractivity contribution < 1.29 is 14.3 Å². The molecule has 6 nitrogen and oxygen atoms in total. The molecule has 5 rings (SSSR count). The van der Waals surface area contributed by atoms with Crippen molar-refractivity contribution in [1.29, 1.82) is 0 Å². The number of carbonyl (C=O) groups excluding carboxylic acids is 2. The number of unbranched alkanes of at least 4 members (excludes halogenated alkanes) is 1. The molecule has 3 aliphatic heterocycles. The Morgan fingerprint density at radius 2 is 1.62 bits per heavy atom. The largest absolute Gasteiger partial charge is 0.440 e. The van der Waals surface area contributed by atoms with Crippen LogP contribution in [0.4, 0.5) is 4.79 Å². The highest BCUT2D eigenvalue weighted by molar-refractivity contribution is 5.97. The van der Waals surface area contributed by atoms with Gasteiger partial charge in [-0.15, -0.1) is 0 Å². The van der Waals surface area contributed by atoms with Crippen molar-refractivity contribution in [2.24, 2.45) is 0 Å². The van der Waals surface area contributed by atoms with E-state index in [9.17, 15) is 9.59 Å². The zero-order valence-electron chi connectivity index (χ0n) is 24.2. The monoisotopic (exact) mass is 531 g/mol. The molecule has 2 atom stereocenters. The van der Waals surface area contributed by atoms with E-state index in [1.165, 1.54) is 0 Å². The molecule has 2 unspecified atom stereocenters. The molecular formula is C33H45N3O3. The van der Waals surface area contributed by atoms with Gasteiger partial charge < -0.3 is 9.64 Å². The average Bonchev–Trinajstić information content (AvgIpc) is 3.22. The average molecular weight is 532 g/mol. The highest BCUT2D eigenvalue weighted by atomic mass is 16.6. The Bertz CT molecular complexity index is 1130. The third-order valence-electron chi connectivity index (χ3n) is 9.58. The molecule has 0 aromatic heterocycles. The SMILES string of the molecule is CCCCC1N(C(C)c2ccccc2)C(=O)OC12CCN(C1CCN(C(=O)c3c(C)cccc3C)CC1)CC2. The fourth-order valence-electron chi connectivity index (χ4n) is 7.24. The quantitative estimate of drug-likeness (QED) is 0.408. The Labute approximate surface area is 234 Å². The number of ether oxygens (including phenoxy) is 1. The van der Waals surface area contributed by atoms with E-state index in [0.717, 1.165) is 93.4 Å². The van der Waals surface area contributed by atoms with Gasteiger partial charge in [0.05, 0.1) is 12.1 Å². The first kappa shape index (κ1) is 27.7. The summed E-state index contributed by atoms with van der Waals surface area (Å²) in [6, 6.07) is 17.0. The van der Waals surface area contributed by atoms with Crippen LogP contribution in [0.5, 0.6) is 0 Å². The van der Waals surface area contributed by atoms with Crippen LogP contribution in [-0.2, 0) is 4.74 Å². The van der Waals surface area contributed by atoms with E-state index in [1.807, 2.05) is 60.0 Å². The molecule has 0 N–H and O–H groups in total. The van der Waals surface area contributed by atoms with Gasteiger partial charge in [0.2, 0.25) is 0 Å². The van der Waals surface area contributed by atoms with Crippen LogP contribution >= 0.6 is 0 Å². The number of rotatable bonds is 7. The summed E-state index contributed by atoms with van der Waals surface area (Å²) in [7, 11) is 0. The predicted molar refractivity (Wildman–Crippen MR) is 155 cm³/mol. The lowest BCUT2D eigenvalue weighted by Gasteiger charge is -2.46. The molecule has 0 radical (unpaired) electrons. The Balaban J connectivity index is 1.22. The van der Waals surface area contributed by atoms with Crippen LogP contribution in [0.1, 0.15) is 91.9 Å². The highest BCUT2D eigenvalue weighted by Gasteiger charge is 2.56. The van der Waals surface area contributed by atoms with E-state index in [0.29, 0.717) is 6.04 Å². The lowest BCUT2D eigenvalue weighted by molar-refractivity contribution is -0.0391. The Morgan fingerprint density at radius 1 is 0.974 bits per heavy atom. The second kappa shape index (κ2) is 11.7. The minimum absolute atomic E-state index is 0.00304. The van der Waals surface area contributed by atoms with Gasteiger partial charge >= 0.3 is 6.09 Å². The maximum Gasteiger partial charge on any atom is 0.411 e. The van der Waals surface area contributed by atoms with E-state index >= 15 is 0 Å². The van der Waals surface area contributed by atoms with Crippen molar-refractivity contribution >= 4 is 12.0 Å². The van der Waals surface area contributed by atoms with E-state index < -0.39 is 5.60 Å². The summed E-state index contributed by atoms with van der Waals surface area (Å²) >= 11 is 0. The first-order valence-electron chi connectivity index (χ1n) is 15.0. The Hall–Kier alpha value is -2.86. The van der Waals surface area contributed by atoms with Crippen LogP contribution in [-0.4, -0.2) is 70.6 Å². The van der Waals surface area contributed by atoms with Crippen molar-refractivity contribution in [3.8, 4) is 0 Å². The molecule has 2 amide bonds. The molecular weight excluding hydrogens is 486 g/mol. The predicted octanol–water partition coefficient (Wildman–Crippen LogP) is 6.51. The second-order valence-electron chi connectivity index (χ2n) is 11.9. The number of hydrogen-bond donors (Lipinski definition) is 0. The summed E-state index contributed by atoms with van der Waals surface area (Å²) in [6.45, 7) is 11.9. The van der Waals surface area contributed by atoms with E-state index in [-0.39, 0.29) is 24.1 Å². The van der Waals surface area contributed by atoms with Crippen molar-refractivity contribution in [2.45, 2.75) is 96.4 Å². The Morgan fingerprint density at radius 3 is 2.23 bits per heavy atom. The summed E-state index contributed by atoms with van der Waals surface area (Å²) in [5.74, 6) is 0.172. The summed E-state index contributed by atoms with van der Waals surface area (Å²) in [5.41, 5.74) is 3.75. The maximum atomic E-state index is 13.3. The molecule has 3 saturated heterocycles. The molecule has 210 valence electrons. The molecule has 0 aliphatic carbocycles. The molecule has 39 heavy (non-hydrogen) atoms. The zero-order valence-corrected chi connectivity index (χ0v) is 24.2. The number of piperidine rings is 2. The van der Waals surface area contributed by atoms with Crippen molar-refractivity contribution in [3.05, 3.63) is 70.8 Å². The van der Waals surface area contributed by atoms with Gasteiger partial charge in [0.15, 0.2) is 0 Å². The number of aryl methyl sites for hydroxylation is 2. The molecule has 0 bridgehead atoms. The van der Waals surface area contributed by atoms with E-state index in [4.69, 9.17) is 4.74 Å². The van der Waals surface area contributed by atoms with Gasteiger partial charge in [-0.1, -0.05) is 68.3 Å². The highest BCUT2D eigenvalue weighted by Crippen LogP contribution is 2.45. The topological polar surface area (TPSA) is 53.1 Å². The van der Waals surface area contributed by atoms with Crippen LogP contribution < -0.4 is 0 Å². The number of hydrogen-bond acceptors (Lipinski definition) is 4. The van der Waals surface area contributed by atoms with Crippen LogP contribution in [0.3, 0.4) is 0 Å². The molecule has 3 aliphatic rings. The summed E-state index contributed by atoms with van der Waals surface area (Å²) in [6.07, 6.45) is 6.80. The van der Waals surface area contributed by atoms with Gasteiger partial charge in [-0.25, -0.2) is 4.79 Å².